The predicted octanol–water partition coefficient (Wildman–Crippen LogP) is 1.17. The van der Waals surface area contributed by atoms with Crippen molar-refractivity contribution in [3.63, 3.8) is 0 Å². The Morgan fingerprint density at radius 2 is 2.07 bits per heavy atom. The van der Waals surface area contributed by atoms with Gasteiger partial charge in [0.1, 0.15) is 0 Å². The molecule has 1 aliphatic heterocycles. The molecule has 1 amide bonds. The lowest BCUT2D eigenvalue weighted by Gasteiger charge is -2.15. The number of hydrogen-bond donors (Lipinski definition) is 4. The van der Waals surface area contributed by atoms with Crippen molar-refractivity contribution in [3.05, 3.63) is 47.5 Å². The van der Waals surface area contributed by atoms with Crippen LogP contribution >= 0.6 is 0 Å². The van der Waals surface area contributed by atoms with E-state index in [-0.39, 0.29) is 36.3 Å². The molecule has 0 radical (unpaired) electrons. The highest BCUT2D eigenvalue weighted by atomic mass is 32.2. The summed E-state index contributed by atoms with van der Waals surface area (Å²) in [4.78, 5) is 11.8. The first-order valence-corrected chi connectivity index (χ1v) is 10.9. The summed E-state index contributed by atoms with van der Waals surface area (Å²) < 4.78 is 38.6. The minimum absolute atomic E-state index is 0.0295. The number of carbonyl (C=O) groups excluding carboxylic acids is 1. The van der Waals surface area contributed by atoms with Gasteiger partial charge < -0.3 is 25.5 Å². The second kappa shape index (κ2) is 8.94. The molecule has 0 saturated carbocycles. The van der Waals surface area contributed by atoms with Crippen molar-refractivity contribution in [2.24, 2.45) is 5.92 Å². The van der Waals surface area contributed by atoms with Gasteiger partial charge in [-0.2, -0.15) is 0 Å². The Bertz CT molecular complexity index is 1040. The molecule has 160 valence electrons. The van der Waals surface area contributed by atoms with E-state index >= 15 is 0 Å². The largest absolute Gasteiger partial charge is 0.491 e. The highest BCUT2D eigenvalue weighted by Crippen LogP contribution is 2.23. The fourth-order valence-corrected chi connectivity index (χ4v) is 4.22. The Hall–Kier alpha value is -2.76. The van der Waals surface area contributed by atoms with Crippen LogP contribution in [0.25, 0.3) is 0 Å². The molecule has 0 atom stereocenters. The van der Waals surface area contributed by atoms with E-state index in [1.165, 1.54) is 24.3 Å². The van der Waals surface area contributed by atoms with E-state index in [0.29, 0.717) is 16.7 Å². The van der Waals surface area contributed by atoms with Crippen molar-refractivity contribution < 1.29 is 27.6 Å². The Balaban J connectivity index is 1.79. The minimum Gasteiger partial charge on any atom is -0.449 e. The number of fused-ring (bicyclic) bond motifs is 1. The summed E-state index contributed by atoms with van der Waals surface area (Å²) in [5.41, 5.74) is 8.07. The SMILES string of the molecule is CC(C)COC(=O)NCc1cc(N)ccc1S(=O)(=O)Nc1ccc2c(c1)B(O)OC2. The van der Waals surface area contributed by atoms with E-state index < -0.39 is 23.2 Å². The molecule has 0 saturated heterocycles. The molecule has 0 unspecified atom stereocenters. The summed E-state index contributed by atoms with van der Waals surface area (Å²) in [6, 6.07) is 9.14. The number of sulfonamides is 1. The van der Waals surface area contributed by atoms with Crippen LogP contribution in [0.2, 0.25) is 0 Å². The van der Waals surface area contributed by atoms with Crippen LogP contribution < -0.4 is 21.2 Å². The van der Waals surface area contributed by atoms with E-state index in [1.807, 2.05) is 13.8 Å². The lowest BCUT2D eigenvalue weighted by Crippen LogP contribution is -2.29. The van der Waals surface area contributed by atoms with Crippen LogP contribution in [0, 0.1) is 5.92 Å². The van der Waals surface area contributed by atoms with Gasteiger partial charge in [-0.1, -0.05) is 19.9 Å². The van der Waals surface area contributed by atoms with Crippen molar-refractivity contribution in [1.29, 1.82) is 0 Å². The Labute approximate surface area is 175 Å². The van der Waals surface area contributed by atoms with E-state index in [2.05, 4.69) is 10.0 Å². The maximum absolute atomic E-state index is 13.0. The van der Waals surface area contributed by atoms with Crippen molar-refractivity contribution in [2.75, 3.05) is 17.1 Å². The molecule has 11 heteroatoms. The molecular weight excluding hydrogens is 409 g/mol. The number of nitrogens with one attached hydrogen (secondary N) is 2. The van der Waals surface area contributed by atoms with E-state index in [4.69, 9.17) is 15.1 Å². The van der Waals surface area contributed by atoms with Crippen molar-refractivity contribution in [2.45, 2.75) is 31.9 Å². The zero-order chi connectivity index (χ0) is 21.9. The normalized spacial score (nSPS) is 13.3. The summed E-state index contributed by atoms with van der Waals surface area (Å²) in [5, 5.41) is 12.4. The number of benzene rings is 2. The first-order chi connectivity index (χ1) is 14.2. The maximum atomic E-state index is 13.0. The molecule has 1 aliphatic rings. The van der Waals surface area contributed by atoms with E-state index in [1.54, 1.807) is 12.1 Å². The first-order valence-electron chi connectivity index (χ1n) is 9.40. The van der Waals surface area contributed by atoms with Gasteiger partial charge in [-0.25, -0.2) is 13.2 Å². The van der Waals surface area contributed by atoms with E-state index in [9.17, 15) is 18.2 Å². The molecule has 30 heavy (non-hydrogen) atoms. The van der Waals surface area contributed by atoms with E-state index in [0.717, 1.165) is 5.56 Å². The van der Waals surface area contributed by atoms with Gasteiger partial charge in [0, 0.05) is 17.9 Å². The zero-order valence-corrected chi connectivity index (χ0v) is 17.5. The zero-order valence-electron chi connectivity index (χ0n) is 16.7. The van der Waals surface area contributed by atoms with Crippen LogP contribution in [-0.4, -0.2) is 33.3 Å². The summed E-state index contributed by atoms with van der Waals surface area (Å²) >= 11 is 0. The smallest absolute Gasteiger partial charge is 0.449 e. The number of amides is 1. The molecule has 9 nitrogen and oxygen atoms in total. The molecule has 0 fully saturated rings. The number of ether oxygens (including phenoxy) is 1. The number of nitrogens with two attached hydrogens (primary N) is 1. The van der Waals surface area contributed by atoms with Crippen LogP contribution in [0.3, 0.4) is 0 Å². The van der Waals surface area contributed by atoms with Crippen LogP contribution in [0.4, 0.5) is 16.2 Å². The maximum Gasteiger partial charge on any atom is 0.491 e. The van der Waals surface area contributed by atoms with Gasteiger partial charge in [0.05, 0.1) is 18.1 Å². The third-order valence-corrected chi connectivity index (χ3v) is 5.89. The number of carbonyl (C=O) groups is 1. The number of nitrogen functional groups attached to an aromatic ring is 1. The van der Waals surface area contributed by atoms with Gasteiger partial charge in [0.2, 0.25) is 0 Å². The molecule has 0 aromatic heterocycles. The molecule has 1 heterocycles. The molecule has 0 spiro atoms. The summed E-state index contributed by atoms with van der Waals surface area (Å²) in [6.07, 6.45) is -0.643. The van der Waals surface area contributed by atoms with Gasteiger partial charge in [0.25, 0.3) is 10.0 Å². The number of hydrogen-bond acceptors (Lipinski definition) is 7. The topological polar surface area (TPSA) is 140 Å². The molecule has 5 N–H and O–H groups in total. The Kier molecular flexibility index (Phi) is 6.54. The van der Waals surface area contributed by atoms with Crippen molar-refractivity contribution in [3.8, 4) is 0 Å². The number of anilines is 2. The summed E-state index contributed by atoms with van der Waals surface area (Å²) in [7, 11) is -5.07. The third-order valence-electron chi connectivity index (χ3n) is 4.41. The standard InChI is InChI=1S/C19H24BN3O6S/c1-12(2)10-28-19(24)22-9-14-7-15(21)4-6-18(14)30(26,27)23-16-5-3-13-11-29-20(25)17(13)8-16/h3-8,12,23,25H,9-11,21H2,1-2H3,(H,22,24). The van der Waals surface area contributed by atoms with Gasteiger partial charge in [0.15, 0.2) is 0 Å². The number of alkyl carbamates (subject to hydrolysis) is 1. The van der Waals surface area contributed by atoms with Gasteiger partial charge in [-0.3, -0.25) is 4.72 Å². The van der Waals surface area contributed by atoms with Gasteiger partial charge in [-0.05, 0) is 52.8 Å². The van der Waals surface area contributed by atoms with Crippen LogP contribution in [-0.2, 0) is 32.6 Å². The number of rotatable bonds is 7. The second-order valence-corrected chi connectivity index (χ2v) is 9.05. The highest BCUT2D eigenvalue weighted by molar-refractivity contribution is 7.92. The minimum atomic E-state index is -3.99. The monoisotopic (exact) mass is 433 g/mol. The molecule has 2 aromatic carbocycles. The average Bonchev–Trinajstić information content (AvgIpc) is 3.04. The van der Waals surface area contributed by atoms with Crippen molar-refractivity contribution in [1.82, 2.24) is 5.32 Å². The Morgan fingerprint density at radius 3 is 2.80 bits per heavy atom. The fraction of sp³-hybridized carbons (Fsp3) is 0.316. The third kappa shape index (κ3) is 5.23. The summed E-state index contributed by atoms with van der Waals surface area (Å²) in [5.74, 6) is 0.180. The van der Waals surface area contributed by atoms with Crippen LogP contribution in [0.1, 0.15) is 25.0 Å². The Morgan fingerprint density at radius 1 is 1.30 bits per heavy atom. The molecule has 3 rings (SSSR count). The van der Waals surface area contributed by atoms with Crippen LogP contribution in [0.15, 0.2) is 41.3 Å². The van der Waals surface area contributed by atoms with Gasteiger partial charge in [-0.15, -0.1) is 0 Å². The van der Waals surface area contributed by atoms with Gasteiger partial charge >= 0.3 is 13.2 Å². The van der Waals surface area contributed by atoms with Crippen LogP contribution in [0.5, 0.6) is 0 Å². The lowest BCUT2D eigenvalue weighted by atomic mass is 9.79. The average molecular weight is 433 g/mol. The predicted molar refractivity (Wildman–Crippen MR) is 114 cm³/mol. The molecular formula is C19H24BN3O6S. The summed E-state index contributed by atoms with van der Waals surface area (Å²) in [6.45, 7) is 4.26. The highest BCUT2D eigenvalue weighted by Gasteiger charge is 2.28. The molecule has 0 aliphatic carbocycles. The lowest BCUT2D eigenvalue weighted by molar-refractivity contribution is 0.132. The molecule has 2 aromatic rings. The fourth-order valence-electron chi connectivity index (χ4n) is 2.95. The quantitative estimate of drug-likeness (QED) is 0.380. The molecule has 0 bridgehead atoms. The van der Waals surface area contributed by atoms with Crippen molar-refractivity contribution >= 4 is 40.1 Å². The first kappa shape index (κ1) is 21.9. The second-order valence-electron chi connectivity index (χ2n) is 7.40.